The van der Waals surface area contributed by atoms with Crippen molar-refractivity contribution < 1.29 is 9.90 Å². The van der Waals surface area contributed by atoms with Gasteiger partial charge in [-0.2, -0.15) is 5.10 Å². The number of carbonyl (C=O) groups is 1. The van der Waals surface area contributed by atoms with E-state index in [9.17, 15) is 4.79 Å². The number of nitrogens with zero attached hydrogens (tertiary/aromatic N) is 3. The van der Waals surface area contributed by atoms with Gasteiger partial charge in [0.2, 0.25) is 0 Å². The topological polar surface area (TPSA) is 78.4 Å². The van der Waals surface area contributed by atoms with Crippen LogP contribution < -0.4 is 5.32 Å². The van der Waals surface area contributed by atoms with Crippen molar-refractivity contribution in [3.8, 4) is 0 Å². The number of aliphatic hydroxyl groups excluding tert-OH is 1. The third-order valence-electron chi connectivity index (χ3n) is 3.72. The Labute approximate surface area is 131 Å². The van der Waals surface area contributed by atoms with Crippen molar-refractivity contribution in [3.05, 3.63) is 17.8 Å². The Morgan fingerprint density at radius 3 is 2.55 bits per heavy atom. The summed E-state index contributed by atoms with van der Waals surface area (Å²) in [5.74, 6) is 0.478. The van der Waals surface area contributed by atoms with E-state index in [1.807, 2.05) is 11.0 Å². The highest BCUT2D eigenvalue weighted by molar-refractivity contribution is 5.88. The highest BCUT2D eigenvalue weighted by atomic mass is 16.3. The second-order valence-corrected chi connectivity index (χ2v) is 6.84. The van der Waals surface area contributed by atoms with Gasteiger partial charge >= 0.3 is 6.03 Å². The van der Waals surface area contributed by atoms with Crippen LogP contribution >= 0.6 is 0 Å². The van der Waals surface area contributed by atoms with Crippen LogP contribution in [0, 0.1) is 0 Å². The number of urea groups is 1. The van der Waals surface area contributed by atoms with E-state index in [2.05, 4.69) is 36.3 Å². The van der Waals surface area contributed by atoms with E-state index < -0.39 is 0 Å². The van der Waals surface area contributed by atoms with Crippen molar-refractivity contribution in [1.29, 1.82) is 0 Å². The maximum atomic E-state index is 12.4. The molecule has 1 aliphatic rings. The average molecular weight is 306 g/mol. The number of rotatable bonds is 6. The summed E-state index contributed by atoms with van der Waals surface area (Å²) in [6.07, 6.45) is 3.65. The molecule has 2 amide bonds. The lowest BCUT2D eigenvalue weighted by Crippen LogP contribution is -2.37. The second kappa shape index (κ2) is 7.05. The first kappa shape index (κ1) is 16.7. The number of carbonyl (C=O) groups excluding carboxylic acids is 1. The van der Waals surface area contributed by atoms with E-state index in [1.165, 1.54) is 0 Å². The zero-order valence-electron chi connectivity index (χ0n) is 13.7. The third-order valence-corrected chi connectivity index (χ3v) is 3.72. The smallest absolute Gasteiger partial charge is 0.323 e. The lowest BCUT2D eigenvalue weighted by molar-refractivity contribution is 0.204. The quantitative estimate of drug-likeness (QED) is 0.792. The van der Waals surface area contributed by atoms with Crippen LogP contribution in [0.25, 0.3) is 0 Å². The first-order valence-corrected chi connectivity index (χ1v) is 7.94. The predicted octanol–water partition coefficient (Wildman–Crippen LogP) is 2.54. The second-order valence-electron chi connectivity index (χ2n) is 6.84. The van der Waals surface area contributed by atoms with Crippen LogP contribution in [0.3, 0.4) is 0 Å². The van der Waals surface area contributed by atoms with Gasteiger partial charge in [-0.1, -0.05) is 20.8 Å². The van der Waals surface area contributed by atoms with Crippen molar-refractivity contribution >= 4 is 11.8 Å². The van der Waals surface area contributed by atoms with Crippen molar-refractivity contribution in [2.75, 3.05) is 18.5 Å². The van der Waals surface area contributed by atoms with E-state index >= 15 is 0 Å². The van der Waals surface area contributed by atoms with E-state index in [1.54, 1.807) is 6.07 Å². The Morgan fingerprint density at radius 1 is 1.32 bits per heavy atom. The number of aromatic nitrogens is 2. The fourth-order valence-corrected chi connectivity index (χ4v) is 2.21. The van der Waals surface area contributed by atoms with Crippen LogP contribution in [0.15, 0.2) is 12.1 Å². The van der Waals surface area contributed by atoms with Crippen LogP contribution in [0.4, 0.5) is 10.6 Å². The average Bonchev–Trinajstić information content (AvgIpc) is 3.27. The zero-order chi connectivity index (χ0) is 16.2. The molecule has 1 aliphatic carbocycles. The minimum atomic E-state index is -0.127. The molecular formula is C16H26N4O2. The molecule has 0 aliphatic heterocycles. The van der Waals surface area contributed by atoms with E-state index in [0.29, 0.717) is 18.4 Å². The minimum Gasteiger partial charge on any atom is -0.396 e. The molecule has 2 N–H and O–H groups in total. The van der Waals surface area contributed by atoms with Gasteiger partial charge in [0.25, 0.3) is 0 Å². The van der Waals surface area contributed by atoms with Crippen LogP contribution in [-0.2, 0) is 5.41 Å². The Hall–Kier alpha value is -1.69. The Morgan fingerprint density at radius 2 is 2.05 bits per heavy atom. The molecule has 0 aromatic carbocycles. The molecule has 6 nitrogen and oxygen atoms in total. The first-order chi connectivity index (χ1) is 10.4. The van der Waals surface area contributed by atoms with E-state index in [4.69, 9.17) is 5.11 Å². The molecule has 122 valence electrons. The summed E-state index contributed by atoms with van der Waals surface area (Å²) >= 11 is 0. The molecule has 0 atom stereocenters. The maximum absolute atomic E-state index is 12.4. The molecule has 0 bridgehead atoms. The summed E-state index contributed by atoms with van der Waals surface area (Å²) in [6.45, 7) is 7.06. The molecule has 2 rings (SSSR count). The van der Waals surface area contributed by atoms with Gasteiger partial charge in [-0.05, 0) is 37.8 Å². The summed E-state index contributed by atoms with van der Waals surface area (Å²) in [7, 11) is 0. The van der Waals surface area contributed by atoms with E-state index in [0.717, 1.165) is 31.4 Å². The van der Waals surface area contributed by atoms with Gasteiger partial charge in [0, 0.05) is 24.6 Å². The maximum Gasteiger partial charge on any atom is 0.323 e. The largest absolute Gasteiger partial charge is 0.396 e. The molecule has 1 saturated carbocycles. The zero-order valence-corrected chi connectivity index (χ0v) is 13.7. The van der Waals surface area contributed by atoms with Gasteiger partial charge in [-0.3, -0.25) is 5.32 Å². The van der Waals surface area contributed by atoms with Gasteiger partial charge in [0.05, 0.1) is 5.69 Å². The number of unbranched alkanes of at least 4 members (excludes halogenated alkanes) is 1. The Balaban J connectivity index is 1.94. The van der Waals surface area contributed by atoms with Crippen LogP contribution in [0.5, 0.6) is 0 Å². The van der Waals surface area contributed by atoms with Crippen molar-refractivity contribution in [1.82, 2.24) is 15.1 Å². The monoisotopic (exact) mass is 306 g/mol. The normalized spacial score (nSPS) is 14.7. The van der Waals surface area contributed by atoms with Gasteiger partial charge in [0.15, 0.2) is 5.82 Å². The molecule has 1 fully saturated rings. The number of hydrogen-bond donors (Lipinski definition) is 2. The predicted molar refractivity (Wildman–Crippen MR) is 85.8 cm³/mol. The molecule has 6 heteroatoms. The first-order valence-electron chi connectivity index (χ1n) is 7.94. The van der Waals surface area contributed by atoms with Crippen molar-refractivity contribution in [3.63, 3.8) is 0 Å². The molecule has 1 heterocycles. The van der Waals surface area contributed by atoms with Crippen LogP contribution in [0.2, 0.25) is 0 Å². The van der Waals surface area contributed by atoms with Gasteiger partial charge in [0.1, 0.15) is 0 Å². The van der Waals surface area contributed by atoms with Crippen LogP contribution in [-0.4, -0.2) is 45.4 Å². The standard InChI is InChI=1S/C16H26N4O2/c1-16(2,3)13-8-9-14(19-18-13)17-15(22)20(12-6-7-12)10-4-5-11-21/h8-9,12,21H,4-7,10-11H2,1-3H3,(H,17,19,22). The number of aliphatic hydroxyl groups is 1. The fraction of sp³-hybridized carbons (Fsp3) is 0.688. The van der Waals surface area contributed by atoms with Crippen molar-refractivity contribution in [2.45, 2.75) is 57.9 Å². The highest BCUT2D eigenvalue weighted by Gasteiger charge is 2.32. The fourth-order valence-electron chi connectivity index (χ4n) is 2.21. The summed E-state index contributed by atoms with van der Waals surface area (Å²) in [6, 6.07) is 3.90. The summed E-state index contributed by atoms with van der Waals surface area (Å²) in [5.41, 5.74) is 0.840. The third kappa shape index (κ3) is 4.66. The molecule has 0 unspecified atom stereocenters. The summed E-state index contributed by atoms with van der Waals surface area (Å²) in [5, 5.41) is 20.0. The molecule has 0 radical (unpaired) electrons. The lowest BCUT2D eigenvalue weighted by Gasteiger charge is -2.22. The molecule has 0 saturated heterocycles. The number of anilines is 1. The van der Waals surface area contributed by atoms with Gasteiger partial charge in [-0.15, -0.1) is 5.10 Å². The summed E-state index contributed by atoms with van der Waals surface area (Å²) in [4.78, 5) is 14.2. The highest BCUT2D eigenvalue weighted by Crippen LogP contribution is 2.27. The number of nitrogens with one attached hydrogen (secondary N) is 1. The van der Waals surface area contributed by atoms with Crippen molar-refractivity contribution in [2.24, 2.45) is 0 Å². The molecule has 22 heavy (non-hydrogen) atoms. The van der Waals surface area contributed by atoms with Crippen LogP contribution in [0.1, 0.15) is 52.1 Å². The minimum absolute atomic E-state index is 0.0557. The number of hydrogen-bond acceptors (Lipinski definition) is 4. The Bertz CT molecular complexity index is 492. The summed E-state index contributed by atoms with van der Waals surface area (Å²) < 4.78 is 0. The van der Waals surface area contributed by atoms with E-state index in [-0.39, 0.29) is 18.1 Å². The molecule has 1 aromatic heterocycles. The van der Waals surface area contributed by atoms with Gasteiger partial charge < -0.3 is 10.0 Å². The number of amides is 2. The molecular weight excluding hydrogens is 280 g/mol. The Kier molecular flexibility index (Phi) is 5.34. The SMILES string of the molecule is CC(C)(C)c1ccc(NC(=O)N(CCCCO)C2CC2)nn1. The lowest BCUT2D eigenvalue weighted by atomic mass is 9.92. The van der Waals surface area contributed by atoms with Gasteiger partial charge in [-0.25, -0.2) is 4.79 Å². The molecule has 1 aromatic rings. The molecule has 0 spiro atoms.